The van der Waals surface area contributed by atoms with E-state index in [1.807, 2.05) is 12.1 Å². The van der Waals surface area contributed by atoms with Crippen LogP contribution in [0.15, 0.2) is 36.8 Å². The Morgan fingerprint density at radius 2 is 1.87 bits per heavy atom. The van der Waals surface area contributed by atoms with Crippen LogP contribution in [0, 0.1) is 0 Å². The van der Waals surface area contributed by atoms with E-state index < -0.39 is 13.0 Å². The van der Waals surface area contributed by atoms with Crippen LogP contribution in [-0.2, 0) is 19.4 Å². The molecule has 0 radical (unpaired) electrons. The van der Waals surface area contributed by atoms with E-state index in [-0.39, 0.29) is 0 Å². The Balaban J connectivity index is 1.75. The molecule has 3 rings (SSSR count). The fourth-order valence-corrected chi connectivity index (χ4v) is 4.31. The van der Waals surface area contributed by atoms with Crippen molar-refractivity contribution in [3.05, 3.63) is 62.4 Å². The van der Waals surface area contributed by atoms with E-state index in [4.69, 9.17) is 27.9 Å². The highest BCUT2D eigenvalue weighted by Gasteiger charge is 2.17. The largest absolute Gasteiger partial charge is 0.488 e. The lowest BCUT2D eigenvalue weighted by atomic mass is 10.1. The molecule has 0 N–H and O–H groups in total. The summed E-state index contributed by atoms with van der Waals surface area (Å²) in [6.07, 6.45) is 3.19. The van der Waals surface area contributed by atoms with Gasteiger partial charge < -0.3 is 9.64 Å². The molecule has 166 valence electrons. The Labute approximate surface area is 194 Å². The summed E-state index contributed by atoms with van der Waals surface area (Å²) < 4.78 is 30.1. The number of rotatable bonds is 11. The van der Waals surface area contributed by atoms with Gasteiger partial charge >= 0.3 is 0 Å². The molecule has 10 heteroatoms. The minimum atomic E-state index is -2.50. The molecule has 0 saturated heterocycles. The average Bonchev–Trinajstić information content (AvgIpc) is 3.17. The molecule has 0 aliphatic rings. The summed E-state index contributed by atoms with van der Waals surface area (Å²) in [5.41, 5.74) is 1.86. The van der Waals surface area contributed by atoms with Gasteiger partial charge in [0.15, 0.2) is 10.3 Å². The first-order valence-corrected chi connectivity index (χ1v) is 11.4. The van der Waals surface area contributed by atoms with Gasteiger partial charge in [0, 0.05) is 17.6 Å². The monoisotopic (exact) mass is 486 g/mol. The number of benzene rings is 1. The third-order valence-corrected chi connectivity index (χ3v) is 5.96. The van der Waals surface area contributed by atoms with E-state index in [1.165, 1.54) is 17.7 Å². The van der Waals surface area contributed by atoms with E-state index in [9.17, 15) is 8.78 Å². The Bertz CT molecular complexity index is 972. The Hall–Kier alpha value is -2.03. The summed E-state index contributed by atoms with van der Waals surface area (Å²) in [6.45, 7) is 2.65. The van der Waals surface area contributed by atoms with Crippen LogP contribution in [0.4, 0.5) is 14.6 Å². The zero-order valence-corrected chi connectivity index (χ0v) is 19.2. The molecule has 0 aliphatic heterocycles. The van der Waals surface area contributed by atoms with Crippen molar-refractivity contribution in [3.63, 3.8) is 0 Å². The van der Waals surface area contributed by atoms with Gasteiger partial charge in [-0.05, 0) is 30.5 Å². The predicted octanol–water partition coefficient (Wildman–Crippen LogP) is 6.09. The fourth-order valence-electron chi connectivity index (χ4n) is 3.01. The molecule has 0 bridgehead atoms. The second-order valence-electron chi connectivity index (χ2n) is 6.81. The van der Waals surface area contributed by atoms with Crippen molar-refractivity contribution in [2.24, 2.45) is 0 Å². The number of anilines is 1. The second-order valence-corrected chi connectivity index (χ2v) is 8.88. The van der Waals surface area contributed by atoms with Crippen molar-refractivity contribution >= 4 is 40.4 Å². The molecular formula is C21H22Cl2F2N4OS. The number of hydrogen-bond acceptors (Lipinski definition) is 6. The highest BCUT2D eigenvalue weighted by Crippen LogP contribution is 2.29. The van der Waals surface area contributed by atoms with Crippen molar-refractivity contribution < 1.29 is 13.5 Å². The summed E-state index contributed by atoms with van der Waals surface area (Å²) in [5.74, 6) is 1.09. The van der Waals surface area contributed by atoms with Crippen molar-refractivity contribution in [2.45, 2.75) is 39.2 Å². The van der Waals surface area contributed by atoms with Crippen molar-refractivity contribution in [1.82, 2.24) is 15.0 Å². The number of ether oxygens (including phenoxy) is 1. The maximum atomic E-state index is 12.3. The first kappa shape index (κ1) is 23.6. The minimum Gasteiger partial charge on any atom is -0.488 e. The topological polar surface area (TPSA) is 51.1 Å². The lowest BCUT2D eigenvalue weighted by molar-refractivity contribution is 0.0819. The third-order valence-electron chi connectivity index (χ3n) is 4.47. The van der Waals surface area contributed by atoms with E-state index >= 15 is 0 Å². The van der Waals surface area contributed by atoms with E-state index in [1.54, 1.807) is 18.3 Å². The lowest BCUT2D eigenvalue weighted by Crippen LogP contribution is -2.26. The van der Waals surface area contributed by atoms with E-state index in [0.29, 0.717) is 40.6 Å². The molecule has 0 fully saturated rings. The molecule has 0 spiro atoms. The van der Waals surface area contributed by atoms with Crippen LogP contribution in [0.1, 0.15) is 29.5 Å². The number of halogens is 4. The van der Waals surface area contributed by atoms with Crippen LogP contribution in [0.5, 0.6) is 5.75 Å². The molecule has 31 heavy (non-hydrogen) atoms. The molecule has 2 heterocycles. The van der Waals surface area contributed by atoms with Crippen molar-refractivity contribution in [2.75, 3.05) is 18.1 Å². The van der Waals surface area contributed by atoms with Gasteiger partial charge in [0.25, 0.3) is 6.43 Å². The van der Waals surface area contributed by atoms with Crippen LogP contribution in [0.3, 0.4) is 0 Å². The molecule has 2 aromatic heterocycles. The summed E-state index contributed by atoms with van der Waals surface area (Å²) >= 11 is 14.0. The summed E-state index contributed by atoms with van der Waals surface area (Å²) in [5, 5.41) is 0.552. The van der Waals surface area contributed by atoms with Gasteiger partial charge in [0.1, 0.15) is 23.7 Å². The molecule has 0 atom stereocenters. The van der Waals surface area contributed by atoms with Gasteiger partial charge in [-0.1, -0.05) is 48.7 Å². The smallest absolute Gasteiger partial charge is 0.272 e. The van der Waals surface area contributed by atoms with Crippen LogP contribution in [0.25, 0.3) is 0 Å². The number of thiazole rings is 1. The van der Waals surface area contributed by atoms with Gasteiger partial charge in [-0.25, -0.2) is 23.7 Å². The molecule has 0 amide bonds. The molecule has 5 nitrogen and oxygen atoms in total. The van der Waals surface area contributed by atoms with Crippen molar-refractivity contribution in [3.8, 4) is 5.75 Å². The average molecular weight is 487 g/mol. The van der Waals surface area contributed by atoms with Gasteiger partial charge in [-0.15, -0.1) is 11.3 Å². The zero-order valence-electron chi connectivity index (χ0n) is 16.9. The summed E-state index contributed by atoms with van der Waals surface area (Å²) in [6, 6.07) is 7.13. The molecular weight excluding hydrogens is 465 g/mol. The standard InChI is InChI=1S/C21H22Cl2F2N4OS/c1-2-3-17-19(22)20(28-13-27-17)29(11-16-10-26-21(23)31-16)9-8-14-4-6-15(7-5-14)30-12-18(24)25/h4-7,10,13,18H,2-3,8-9,11-12H2,1H3. The van der Waals surface area contributed by atoms with Crippen molar-refractivity contribution in [1.29, 1.82) is 0 Å². The fraction of sp³-hybridized carbons (Fsp3) is 0.381. The lowest BCUT2D eigenvalue weighted by Gasteiger charge is -2.24. The van der Waals surface area contributed by atoms with Gasteiger partial charge in [-0.3, -0.25) is 0 Å². The number of alkyl halides is 2. The highest BCUT2D eigenvalue weighted by molar-refractivity contribution is 7.15. The SMILES string of the molecule is CCCc1ncnc(N(CCc2ccc(OCC(F)F)cc2)Cc2cnc(Cl)s2)c1Cl. The maximum absolute atomic E-state index is 12.3. The maximum Gasteiger partial charge on any atom is 0.272 e. The Kier molecular flexibility index (Phi) is 8.80. The highest BCUT2D eigenvalue weighted by atomic mass is 35.5. The molecule has 1 aromatic carbocycles. The summed E-state index contributed by atoms with van der Waals surface area (Å²) in [7, 11) is 0. The van der Waals surface area contributed by atoms with Gasteiger partial charge in [0.05, 0.1) is 12.2 Å². The Morgan fingerprint density at radius 1 is 1.10 bits per heavy atom. The van der Waals surface area contributed by atoms with Crippen LogP contribution < -0.4 is 9.64 Å². The molecule has 0 aliphatic carbocycles. The predicted molar refractivity (Wildman–Crippen MR) is 121 cm³/mol. The van der Waals surface area contributed by atoms with E-state index in [0.717, 1.165) is 29.0 Å². The van der Waals surface area contributed by atoms with Crippen LogP contribution in [-0.4, -0.2) is 34.5 Å². The zero-order chi connectivity index (χ0) is 22.2. The summed E-state index contributed by atoms with van der Waals surface area (Å²) in [4.78, 5) is 15.9. The third kappa shape index (κ3) is 6.98. The number of aryl methyl sites for hydroxylation is 1. The van der Waals surface area contributed by atoms with Crippen LogP contribution in [0.2, 0.25) is 9.49 Å². The second kappa shape index (κ2) is 11.5. The number of nitrogens with zero attached hydrogens (tertiary/aromatic N) is 4. The first-order chi connectivity index (χ1) is 15.0. The normalized spacial score (nSPS) is 11.2. The Morgan fingerprint density at radius 3 is 2.52 bits per heavy atom. The van der Waals surface area contributed by atoms with Gasteiger partial charge in [-0.2, -0.15) is 0 Å². The van der Waals surface area contributed by atoms with Crippen LogP contribution >= 0.6 is 34.5 Å². The number of hydrogen-bond donors (Lipinski definition) is 0. The van der Waals surface area contributed by atoms with E-state index in [2.05, 4.69) is 26.8 Å². The van der Waals surface area contributed by atoms with Gasteiger partial charge in [0.2, 0.25) is 0 Å². The first-order valence-electron chi connectivity index (χ1n) is 9.80. The minimum absolute atomic E-state index is 0.420. The quantitative estimate of drug-likeness (QED) is 0.328. The molecule has 3 aromatic rings. The molecule has 0 saturated carbocycles. The number of aromatic nitrogens is 3. The molecule has 0 unspecified atom stereocenters.